The molecular weight excluding hydrogens is 287 g/mol. The predicted octanol–water partition coefficient (Wildman–Crippen LogP) is 3.65. The molecule has 0 aliphatic rings. The summed E-state index contributed by atoms with van der Waals surface area (Å²) in [5, 5.41) is 3.44. The molecule has 0 aliphatic heterocycles. The SMILES string of the molecule is COc1ccc(NC(=O)c2ccc(Cl)c(Cl)c2)cn1. The monoisotopic (exact) mass is 296 g/mol. The summed E-state index contributed by atoms with van der Waals surface area (Å²) in [4.78, 5) is 16.0. The Balaban J connectivity index is 2.13. The van der Waals surface area contributed by atoms with E-state index in [1.54, 1.807) is 24.3 Å². The number of halogens is 2. The Bertz CT molecular complexity index is 600. The highest BCUT2D eigenvalue weighted by molar-refractivity contribution is 6.42. The van der Waals surface area contributed by atoms with Gasteiger partial charge in [0.1, 0.15) is 0 Å². The highest BCUT2D eigenvalue weighted by Crippen LogP contribution is 2.23. The molecule has 0 fully saturated rings. The third-order valence-corrected chi connectivity index (χ3v) is 3.12. The molecule has 0 atom stereocenters. The second-order valence-electron chi connectivity index (χ2n) is 3.67. The fourth-order valence-electron chi connectivity index (χ4n) is 1.42. The van der Waals surface area contributed by atoms with Crippen LogP contribution in [0.25, 0.3) is 0 Å². The first kappa shape index (κ1) is 13.6. The van der Waals surface area contributed by atoms with E-state index in [0.717, 1.165) is 0 Å². The first-order valence-corrected chi connectivity index (χ1v) is 6.12. The van der Waals surface area contributed by atoms with Gasteiger partial charge in [-0.25, -0.2) is 4.98 Å². The molecule has 1 heterocycles. The molecule has 0 unspecified atom stereocenters. The second-order valence-corrected chi connectivity index (χ2v) is 4.49. The minimum Gasteiger partial charge on any atom is -0.481 e. The highest BCUT2D eigenvalue weighted by Gasteiger charge is 2.08. The fourth-order valence-corrected chi connectivity index (χ4v) is 1.71. The summed E-state index contributed by atoms with van der Waals surface area (Å²) in [6.07, 6.45) is 1.51. The Hall–Kier alpha value is -1.78. The van der Waals surface area contributed by atoms with Gasteiger partial charge in [0.25, 0.3) is 5.91 Å². The van der Waals surface area contributed by atoms with E-state index in [1.807, 2.05) is 0 Å². The highest BCUT2D eigenvalue weighted by atomic mass is 35.5. The zero-order valence-electron chi connectivity index (χ0n) is 9.98. The zero-order valence-corrected chi connectivity index (χ0v) is 11.5. The summed E-state index contributed by atoms with van der Waals surface area (Å²) >= 11 is 11.7. The Labute approximate surface area is 120 Å². The number of aromatic nitrogens is 1. The molecule has 1 aromatic heterocycles. The summed E-state index contributed by atoms with van der Waals surface area (Å²) in [7, 11) is 1.52. The summed E-state index contributed by atoms with van der Waals surface area (Å²) in [5.74, 6) is 0.193. The molecule has 0 spiro atoms. The maximum atomic E-state index is 12.0. The van der Waals surface area contributed by atoms with E-state index in [2.05, 4.69) is 10.3 Å². The first-order chi connectivity index (χ1) is 9.10. The molecule has 1 amide bonds. The number of hydrogen-bond donors (Lipinski definition) is 1. The second kappa shape index (κ2) is 5.91. The zero-order chi connectivity index (χ0) is 13.8. The minimum absolute atomic E-state index is 0.287. The third-order valence-electron chi connectivity index (χ3n) is 2.39. The predicted molar refractivity (Wildman–Crippen MR) is 75.2 cm³/mol. The van der Waals surface area contributed by atoms with Crippen molar-refractivity contribution in [3.63, 3.8) is 0 Å². The van der Waals surface area contributed by atoms with E-state index in [-0.39, 0.29) is 5.91 Å². The average molecular weight is 297 g/mol. The summed E-state index contributed by atoms with van der Waals surface area (Å²) in [6.45, 7) is 0. The van der Waals surface area contributed by atoms with E-state index >= 15 is 0 Å². The molecule has 0 saturated carbocycles. The lowest BCUT2D eigenvalue weighted by Crippen LogP contribution is -2.12. The van der Waals surface area contributed by atoms with Crippen LogP contribution in [0.1, 0.15) is 10.4 Å². The number of ether oxygens (including phenoxy) is 1. The lowest BCUT2D eigenvalue weighted by Gasteiger charge is -2.06. The van der Waals surface area contributed by atoms with Crippen LogP contribution < -0.4 is 10.1 Å². The van der Waals surface area contributed by atoms with Crippen LogP contribution in [-0.4, -0.2) is 18.0 Å². The van der Waals surface area contributed by atoms with Crippen LogP contribution in [0.4, 0.5) is 5.69 Å². The van der Waals surface area contributed by atoms with Crippen LogP contribution in [-0.2, 0) is 0 Å². The van der Waals surface area contributed by atoms with Gasteiger partial charge < -0.3 is 10.1 Å². The topological polar surface area (TPSA) is 51.2 Å². The van der Waals surface area contributed by atoms with Crippen LogP contribution in [0.5, 0.6) is 5.88 Å². The van der Waals surface area contributed by atoms with E-state index in [1.165, 1.54) is 19.4 Å². The van der Waals surface area contributed by atoms with E-state index in [9.17, 15) is 4.79 Å². The van der Waals surface area contributed by atoms with Crippen LogP contribution >= 0.6 is 23.2 Å². The summed E-state index contributed by atoms with van der Waals surface area (Å²) in [6, 6.07) is 8.04. The molecule has 0 bridgehead atoms. The molecule has 19 heavy (non-hydrogen) atoms. The molecular formula is C13H10Cl2N2O2. The van der Waals surface area contributed by atoms with Crippen molar-refractivity contribution in [1.29, 1.82) is 0 Å². The molecule has 2 aromatic rings. The maximum Gasteiger partial charge on any atom is 0.255 e. The van der Waals surface area contributed by atoms with Gasteiger partial charge in [0.15, 0.2) is 0 Å². The number of pyridine rings is 1. The average Bonchev–Trinajstić information content (AvgIpc) is 2.42. The van der Waals surface area contributed by atoms with Crippen molar-refractivity contribution in [2.24, 2.45) is 0 Å². The molecule has 0 aliphatic carbocycles. The van der Waals surface area contributed by atoms with Gasteiger partial charge in [-0.1, -0.05) is 23.2 Å². The quantitative estimate of drug-likeness (QED) is 0.940. The van der Waals surface area contributed by atoms with Gasteiger partial charge in [0.05, 0.1) is 29.0 Å². The molecule has 1 N–H and O–H groups in total. The maximum absolute atomic E-state index is 12.0. The number of carbonyl (C=O) groups is 1. The normalized spacial score (nSPS) is 10.1. The Kier molecular flexibility index (Phi) is 4.24. The summed E-state index contributed by atoms with van der Waals surface area (Å²) < 4.78 is 4.93. The van der Waals surface area contributed by atoms with Crippen molar-refractivity contribution in [3.8, 4) is 5.88 Å². The van der Waals surface area contributed by atoms with Crippen LogP contribution in [0.3, 0.4) is 0 Å². The lowest BCUT2D eigenvalue weighted by molar-refractivity contribution is 0.102. The number of hydrogen-bond acceptors (Lipinski definition) is 3. The van der Waals surface area contributed by atoms with Crippen molar-refractivity contribution in [2.45, 2.75) is 0 Å². The van der Waals surface area contributed by atoms with Gasteiger partial charge >= 0.3 is 0 Å². The van der Waals surface area contributed by atoms with Crippen LogP contribution in [0.2, 0.25) is 10.0 Å². The number of methoxy groups -OCH3 is 1. The Morgan fingerprint density at radius 1 is 1.21 bits per heavy atom. The Morgan fingerprint density at radius 2 is 2.00 bits per heavy atom. The number of nitrogens with zero attached hydrogens (tertiary/aromatic N) is 1. The van der Waals surface area contributed by atoms with Crippen LogP contribution in [0, 0.1) is 0 Å². The molecule has 0 radical (unpaired) electrons. The lowest BCUT2D eigenvalue weighted by atomic mass is 10.2. The summed E-state index contributed by atoms with van der Waals surface area (Å²) in [5.41, 5.74) is 0.988. The standard InChI is InChI=1S/C13H10Cl2N2O2/c1-19-12-5-3-9(7-16-12)17-13(18)8-2-4-10(14)11(15)6-8/h2-7H,1H3,(H,17,18). The van der Waals surface area contributed by atoms with E-state index in [0.29, 0.717) is 27.2 Å². The third kappa shape index (κ3) is 3.36. The number of carbonyl (C=O) groups excluding carboxylic acids is 1. The van der Waals surface area contributed by atoms with Gasteiger partial charge in [-0.2, -0.15) is 0 Å². The van der Waals surface area contributed by atoms with Gasteiger partial charge in [-0.15, -0.1) is 0 Å². The first-order valence-electron chi connectivity index (χ1n) is 5.36. The van der Waals surface area contributed by atoms with E-state index < -0.39 is 0 Å². The molecule has 4 nitrogen and oxygen atoms in total. The van der Waals surface area contributed by atoms with Gasteiger partial charge in [0, 0.05) is 11.6 Å². The fraction of sp³-hybridized carbons (Fsp3) is 0.0769. The Morgan fingerprint density at radius 3 is 2.58 bits per heavy atom. The van der Waals surface area contributed by atoms with Gasteiger partial charge in [0.2, 0.25) is 5.88 Å². The number of benzene rings is 1. The smallest absolute Gasteiger partial charge is 0.255 e. The van der Waals surface area contributed by atoms with Gasteiger partial charge in [-0.3, -0.25) is 4.79 Å². The van der Waals surface area contributed by atoms with E-state index in [4.69, 9.17) is 27.9 Å². The molecule has 6 heteroatoms. The van der Waals surface area contributed by atoms with Crippen molar-refractivity contribution in [3.05, 3.63) is 52.1 Å². The molecule has 98 valence electrons. The number of amides is 1. The molecule has 1 aromatic carbocycles. The molecule has 0 saturated heterocycles. The molecule has 2 rings (SSSR count). The number of rotatable bonds is 3. The number of anilines is 1. The van der Waals surface area contributed by atoms with Crippen molar-refractivity contribution in [1.82, 2.24) is 4.98 Å². The number of nitrogens with one attached hydrogen (secondary N) is 1. The van der Waals surface area contributed by atoms with Crippen LogP contribution in [0.15, 0.2) is 36.5 Å². The van der Waals surface area contributed by atoms with Gasteiger partial charge in [-0.05, 0) is 24.3 Å². The minimum atomic E-state index is -0.287. The largest absolute Gasteiger partial charge is 0.481 e. The van der Waals surface area contributed by atoms with Crippen molar-refractivity contribution in [2.75, 3.05) is 12.4 Å². The van der Waals surface area contributed by atoms with Crippen molar-refractivity contribution < 1.29 is 9.53 Å². The van der Waals surface area contributed by atoms with Crippen molar-refractivity contribution >= 4 is 34.8 Å².